The molecule has 0 aliphatic heterocycles. The number of benzene rings is 1. The van der Waals surface area contributed by atoms with Crippen molar-refractivity contribution in [2.75, 3.05) is 0 Å². The van der Waals surface area contributed by atoms with Crippen LogP contribution < -0.4 is 4.74 Å². The third kappa shape index (κ3) is 3.14. The fraction of sp³-hybridized carbons (Fsp3) is 0.182. The third-order valence-corrected chi connectivity index (χ3v) is 3.13. The summed E-state index contributed by atoms with van der Waals surface area (Å²) in [4.78, 5) is 4.18. The van der Waals surface area contributed by atoms with Gasteiger partial charge in [0.25, 0.3) is 0 Å². The van der Waals surface area contributed by atoms with E-state index in [1.165, 1.54) is 17.4 Å². The van der Waals surface area contributed by atoms with Crippen molar-refractivity contribution < 1.29 is 13.5 Å². The summed E-state index contributed by atoms with van der Waals surface area (Å²) >= 11 is 7.02. The molecule has 0 spiro atoms. The lowest BCUT2D eigenvalue weighted by atomic mass is 10.3. The molecule has 0 bridgehead atoms. The summed E-state index contributed by atoms with van der Waals surface area (Å²) in [6.07, 6.45) is 0. The number of aromatic nitrogens is 1. The summed E-state index contributed by atoms with van der Waals surface area (Å²) in [7, 11) is 0. The molecule has 17 heavy (non-hydrogen) atoms. The van der Waals surface area contributed by atoms with E-state index in [4.69, 9.17) is 16.3 Å². The second-order valence-corrected chi connectivity index (χ2v) is 4.44. The van der Waals surface area contributed by atoms with Crippen LogP contribution in [0.25, 0.3) is 0 Å². The molecule has 0 N–H and O–H groups in total. The minimum Gasteiger partial charge on any atom is -0.486 e. The molecule has 0 unspecified atom stereocenters. The average molecular weight is 276 g/mol. The summed E-state index contributed by atoms with van der Waals surface area (Å²) in [6, 6.07) is 3.40. The summed E-state index contributed by atoms with van der Waals surface area (Å²) < 4.78 is 30.8. The Bertz CT molecular complexity index is 518. The number of alkyl halides is 1. The highest BCUT2D eigenvalue weighted by molar-refractivity contribution is 7.09. The van der Waals surface area contributed by atoms with Crippen molar-refractivity contribution in [1.29, 1.82) is 0 Å². The van der Waals surface area contributed by atoms with Crippen molar-refractivity contribution in [3.8, 4) is 5.75 Å². The third-order valence-electron chi connectivity index (χ3n) is 1.99. The number of hydrogen-bond donors (Lipinski definition) is 0. The van der Waals surface area contributed by atoms with Gasteiger partial charge in [0.1, 0.15) is 17.4 Å². The number of thiazole rings is 1. The highest BCUT2D eigenvalue weighted by atomic mass is 35.5. The molecule has 1 aromatic carbocycles. The van der Waals surface area contributed by atoms with Crippen LogP contribution in [0.5, 0.6) is 5.75 Å². The van der Waals surface area contributed by atoms with Gasteiger partial charge < -0.3 is 4.74 Å². The summed E-state index contributed by atoms with van der Waals surface area (Å²) in [5, 5.41) is 2.57. The van der Waals surface area contributed by atoms with E-state index in [0.29, 0.717) is 5.88 Å². The lowest BCUT2D eigenvalue weighted by Gasteiger charge is -2.03. The molecular weight excluding hydrogens is 268 g/mol. The van der Waals surface area contributed by atoms with Crippen LogP contribution in [0.3, 0.4) is 0 Å². The zero-order valence-corrected chi connectivity index (χ0v) is 10.2. The van der Waals surface area contributed by atoms with E-state index in [1.54, 1.807) is 0 Å². The maximum Gasteiger partial charge on any atom is 0.162 e. The first-order chi connectivity index (χ1) is 8.19. The Kier molecular flexibility index (Phi) is 3.91. The summed E-state index contributed by atoms with van der Waals surface area (Å²) in [6.45, 7) is 0.215. The molecule has 0 saturated carbocycles. The van der Waals surface area contributed by atoms with Gasteiger partial charge in [-0.15, -0.1) is 22.9 Å². The molecule has 0 aliphatic rings. The van der Waals surface area contributed by atoms with E-state index in [-0.39, 0.29) is 12.4 Å². The van der Waals surface area contributed by atoms with Crippen LogP contribution in [0.1, 0.15) is 10.7 Å². The van der Waals surface area contributed by atoms with Gasteiger partial charge in [-0.3, -0.25) is 0 Å². The molecule has 2 nitrogen and oxygen atoms in total. The first-order valence-electron chi connectivity index (χ1n) is 4.76. The molecule has 2 rings (SSSR count). The van der Waals surface area contributed by atoms with Crippen LogP contribution in [-0.2, 0) is 12.5 Å². The second-order valence-electron chi connectivity index (χ2n) is 3.23. The Labute approximate surface area is 106 Å². The van der Waals surface area contributed by atoms with Crippen LogP contribution in [-0.4, -0.2) is 4.98 Å². The minimum atomic E-state index is -0.928. The van der Waals surface area contributed by atoms with Gasteiger partial charge >= 0.3 is 0 Å². The summed E-state index contributed by atoms with van der Waals surface area (Å²) in [5.74, 6) is -1.20. The molecule has 90 valence electrons. The van der Waals surface area contributed by atoms with Gasteiger partial charge in [-0.2, -0.15) is 0 Å². The Balaban J connectivity index is 1.99. The van der Waals surface area contributed by atoms with Gasteiger partial charge in [-0.05, 0) is 12.1 Å². The number of halogens is 3. The smallest absolute Gasteiger partial charge is 0.162 e. The lowest BCUT2D eigenvalue weighted by Crippen LogP contribution is -1.96. The topological polar surface area (TPSA) is 22.1 Å². The van der Waals surface area contributed by atoms with E-state index in [9.17, 15) is 8.78 Å². The highest BCUT2D eigenvalue weighted by Crippen LogP contribution is 2.18. The van der Waals surface area contributed by atoms with Gasteiger partial charge in [-0.1, -0.05) is 0 Å². The SMILES string of the molecule is Fc1ccc(OCc2nc(CCl)cs2)cc1F. The number of hydrogen-bond acceptors (Lipinski definition) is 3. The van der Waals surface area contributed by atoms with Crippen LogP contribution in [0.4, 0.5) is 8.78 Å². The Hall–Kier alpha value is -1.20. The zero-order valence-electron chi connectivity index (χ0n) is 8.62. The number of ether oxygens (including phenoxy) is 1. The molecular formula is C11H8ClF2NOS. The largest absolute Gasteiger partial charge is 0.486 e. The maximum absolute atomic E-state index is 12.9. The molecule has 0 fully saturated rings. The van der Waals surface area contributed by atoms with E-state index in [1.807, 2.05) is 5.38 Å². The van der Waals surface area contributed by atoms with Crippen molar-refractivity contribution in [2.24, 2.45) is 0 Å². The Morgan fingerprint density at radius 1 is 1.29 bits per heavy atom. The zero-order chi connectivity index (χ0) is 12.3. The van der Waals surface area contributed by atoms with Crippen LogP contribution >= 0.6 is 22.9 Å². The first-order valence-corrected chi connectivity index (χ1v) is 6.17. The Morgan fingerprint density at radius 3 is 2.76 bits per heavy atom. The van der Waals surface area contributed by atoms with Crippen LogP contribution in [0.15, 0.2) is 23.6 Å². The van der Waals surface area contributed by atoms with Crippen molar-refractivity contribution >= 4 is 22.9 Å². The fourth-order valence-electron chi connectivity index (χ4n) is 1.19. The molecule has 0 atom stereocenters. The van der Waals surface area contributed by atoms with Crippen LogP contribution in [0, 0.1) is 11.6 Å². The van der Waals surface area contributed by atoms with Gasteiger partial charge in [0.15, 0.2) is 11.6 Å². The van der Waals surface area contributed by atoms with Gasteiger partial charge in [-0.25, -0.2) is 13.8 Å². The normalized spacial score (nSPS) is 10.5. The van der Waals surface area contributed by atoms with Gasteiger partial charge in [0.05, 0.1) is 11.6 Å². The van der Waals surface area contributed by atoms with Crippen LogP contribution in [0.2, 0.25) is 0 Å². The summed E-state index contributed by atoms with van der Waals surface area (Å²) in [5.41, 5.74) is 0.778. The van der Waals surface area contributed by atoms with E-state index >= 15 is 0 Å². The van der Waals surface area contributed by atoms with Gasteiger partial charge in [0, 0.05) is 11.4 Å². The first kappa shape index (κ1) is 12.3. The molecule has 0 saturated heterocycles. The minimum absolute atomic E-state index is 0.215. The molecule has 1 heterocycles. The predicted molar refractivity (Wildman–Crippen MR) is 62.4 cm³/mol. The maximum atomic E-state index is 12.9. The monoisotopic (exact) mass is 275 g/mol. The fourth-order valence-corrected chi connectivity index (χ4v) is 2.12. The lowest BCUT2D eigenvalue weighted by molar-refractivity contribution is 0.302. The molecule has 6 heteroatoms. The molecule has 1 aromatic heterocycles. The predicted octanol–water partition coefficient (Wildman–Crippen LogP) is 3.74. The quantitative estimate of drug-likeness (QED) is 0.793. The molecule has 0 amide bonds. The van der Waals surface area contributed by atoms with E-state index < -0.39 is 11.6 Å². The molecule has 0 radical (unpaired) electrons. The highest BCUT2D eigenvalue weighted by Gasteiger charge is 2.05. The van der Waals surface area contributed by atoms with Crippen molar-refractivity contribution in [3.05, 3.63) is 45.9 Å². The molecule has 2 aromatic rings. The standard InChI is InChI=1S/C11H8ClF2NOS/c12-4-7-6-17-11(15-7)5-16-8-1-2-9(13)10(14)3-8/h1-3,6H,4-5H2. The van der Waals surface area contributed by atoms with E-state index in [2.05, 4.69) is 4.98 Å². The van der Waals surface area contributed by atoms with Gasteiger partial charge in [0.2, 0.25) is 0 Å². The van der Waals surface area contributed by atoms with Crippen molar-refractivity contribution in [1.82, 2.24) is 4.98 Å². The van der Waals surface area contributed by atoms with E-state index in [0.717, 1.165) is 22.8 Å². The second kappa shape index (κ2) is 5.42. The average Bonchev–Trinajstić information content (AvgIpc) is 2.79. The number of nitrogens with zero attached hydrogens (tertiary/aromatic N) is 1. The Morgan fingerprint density at radius 2 is 2.12 bits per heavy atom. The molecule has 0 aliphatic carbocycles. The number of rotatable bonds is 4. The van der Waals surface area contributed by atoms with Crippen molar-refractivity contribution in [3.63, 3.8) is 0 Å². The van der Waals surface area contributed by atoms with Crippen molar-refractivity contribution in [2.45, 2.75) is 12.5 Å².